The Morgan fingerprint density at radius 1 is 1.00 bits per heavy atom. The maximum Gasteiger partial charge on any atom is 0.204 e. The molecule has 1 saturated carbocycles. The number of anilines is 1. The number of aromatic nitrogens is 2. The molecule has 1 aliphatic carbocycles. The fourth-order valence-electron chi connectivity index (χ4n) is 3.63. The van der Waals surface area contributed by atoms with E-state index >= 15 is 0 Å². The van der Waals surface area contributed by atoms with E-state index < -0.39 is 0 Å². The van der Waals surface area contributed by atoms with Crippen molar-refractivity contribution in [3.8, 4) is 0 Å². The summed E-state index contributed by atoms with van der Waals surface area (Å²) in [4.78, 5) is 4.82. The molecule has 1 aromatic heterocycles. The van der Waals surface area contributed by atoms with E-state index in [4.69, 9.17) is 33.9 Å². The Labute approximate surface area is 163 Å². The number of imidazole rings is 1. The molecule has 0 unspecified atom stereocenters. The van der Waals surface area contributed by atoms with Gasteiger partial charge in [-0.2, -0.15) is 0 Å². The van der Waals surface area contributed by atoms with E-state index in [1.54, 1.807) is 0 Å². The van der Waals surface area contributed by atoms with Crippen LogP contribution in [-0.2, 0) is 6.54 Å². The summed E-state index contributed by atoms with van der Waals surface area (Å²) in [6, 6.07) is 14.5. The molecule has 4 rings (SSSR count). The topological polar surface area (TPSA) is 55.9 Å². The van der Waals surface area contributed by atoms with Crippen LogP contribution in [0.15, 0.2) is 42.5 Å². The fraction of sp³-hybridized carbons (Fsp3) is 0.350. The second kappa shape index (κ2) is 7.47. The Bertz CT molecular complexity index is 893. The van der Waals surface area contributed by atoms with E-state index in [2.05, 4.69) is 16.0 Å². The zero-order chi connectivity index (χ0) is 18.1. The lowest BCUT2D eigenvalue weighted by molar-refractivity contribution is 0.409. The van der Waals surface area contributed by atoms with Crippen molar-refractivity contribution in [1.29, 1.82) is 0 Å². The molecule has 3 aromatic rings. The highest BCUT2D eigenvalue weighted by molar-refractivity contribution is 6.36. The fourth-order valence-corrected chi connectivity index (χ4v) is 4.15. The summed E-state index contributed by atoms with van der Waals surface area (Å²) in [6.07, 6.45) is 4.23. The Hall–Kier alpha value is -1.75. The maximum atomic E-state index is 6.41. The number of hydrogen-bond acceptors (Lipinski definition) is 3. The Balaban J connectivity index is 1.70. The molecule has 4 nitrogen and oxygen atoms in total. The van der Waals surface area contributed by atoms with Crippen LogP contribution in [0.4, 0.5) is 5.95 Å². The smallest absolute Gasteiger partial charge is 0.204 e. The van der Waals surface area contributed by atoms with Crippen LogP contribution < -0.4 is 11.1 Å². The third-order valence-corrected chi connectivity index (χ3v) is 5.85. The molecule has 1 fully saturated rings. The van der Waals surface area contributed by atoms with Gasteiger partial charge < -0.3 is 15.6 Å². The lowest BCUT2D eigenvalue weighted by Crippen LogP contribution is -2.33. The van der Waals surface area contributed by atoms with Crippen molar-refractivity contribution in [1.82, 2.24) is 9.55 Å². The quantitative estimate of drug-likeness (QED) is 0.655. The van der Waals surface area contributed by atoms with Crippen molar-refractivity contribution in [2.75, 3.05) is 5.32 Å². The number of nitrogens with zero attached hydrogens (tertiary/aromatic N) is 2. The first-order valence-electron chi connectivity index (χ1n) is 9.02. The number of para-hydroxylation sites is 2. The van der Waals surface area contributed by atoms with Gasteiger partial charge in [-0.15, -0.1) is 0 Å². The third-order valence-electron chi connectivity index (χ3n) is 5.14. The molecule has 0 atom stereocenters. The summed E-state index contributed by atoms with van der Waals surface area (Å²) in [5, 5.41) is 4.97. The van der Waals surface area contributed by atoms with Crippen molar-refractivity contribution >= 4 is 40.2 Å². The minimum atomic E-state index is 0.328. The first-order valence-corrected chi connectivity index (χ1v) is 9.77. The van der Waals surface area contributed by atoms with Crippen molar-refractivity contribution in [3.63, 3.8) is 0 Å². The van der Waals surface area contributed by atoms with Crippen LogP contribution in [0.25, 0.3) is 11.0 Å². The van der Waals surface area contributed by atoms with Gasteiger partial charge in [0.25, 0.3) is 0 Å². The largest absolute Gasteiger partial charge is 0.353 e. The molecule has 3 N–H and O–H groups in total. The summed E-state index contributed by atoms with van der Waals surface area (Å²) in [7, 11) is 0. The van der Waals surface area contributed by atoms with Crippen LogP contribution in [0.1, 0.15) is 31.2 Å². The average molecular weight is 389 g/mol. The Morgan fingerprint density at radius 3 is 2.42 bits per heavy atom. The number of benzene rings is 2. The molecule has 0 amide bonds. The normalized spacial score (nSPS) is 20.4. The first kappa shape index (κ1) is 17.7. The van der Waals surface area contributed by atoms with Crippen LogP contribution in [0.2, 0.25) is 10.0 Å². The van der Waals surface area contributed by atoms with Crippen molar-refractivity contribution in [2.45, 2.75) is 44.3 Å². The van der Waals surface area contributed by atoms with Gasteiger partial charge in [0.2, 0.25) is 5.95 Å². The predicted molar refractivity (Wildman–Crippen MR) is 109 cm³/mol. The number of nitrogens with one attached hydrogen (secondary N) is 1. The molecule has 0 bridgehead atoms. The molecule has 2 aromatic carbocycles. The highest BCUT2D eigenvalue weighted by Gasteiger charge is 2.21. The molecule has 1 aliphatic rings. The minimum Gasteiger partial charge on any atom is -0.353 e. The van der Waals surface area contributed by atoms with E-state index in [0.717, 1.165) is 48.2 Å². The molecule has 0 aliphatic heterocycles. The third kappa shape index (κ3) is 3.54. The van der Waals surface area contributed by atoms with Gasteiger partial charge >= 0.3 is 0 Å². The highest BCUT2D eigenvalue weighted by Crippen LogP contribution is 2.30. The number of fused-ring (bicyclic) bond motifs is 1. The van der Waals surface area contributed by atoms with Crippen molar-refractivity contribution in [2.24, 2.45) is 5.73 Å². The van der Waals surface area contributed by atoms with Gasteiger partial charge in [-0.25, -0.2) is 4.98 Å². The molecule has 6 heteroatoms. The monoisotopic (exact) mass is 388 g/mol. The standard InChI is InChI=1S/C20H22Cl2N4/c21-16-4-3-5-17(22)15(16)12-26-19-7-2-1-6-18(19)25-20(26)24-14-10-8-13(23)9-11-14/h1-7,13-14H,8-12,23H2,(H,24,25). The first-order chi connectivity index (χ1) is 12.6. The second-order valence-corrected chi connectivity index (χ2v) is 7.78. The molecular weight excluding hydrogens is 367 g/mol. The minimum absolute atomic E-state index is 0.328. The SMILES string of the molecule is NC1CCC(Nc2nc3ccccc3n2Cc2c(Cl)cccc2Cl)CC1. The van der Waals surface area contributed by atoms with Gasteiger partial charge in [0.05, 0.1) is 17.6 Å². The van der Waals surface area contributed by atoms with Crippen molar-refractivity contribution in [3.05, 3.63) is 58.1 Å². The lowest BCUT2D eigenvalue weighted by Gasteiger charge is -2.27. The van der Waals surface area contributed by atoms with Crippen molar-refractivity contribution < 1.29 is 0 Å². The number of rotatable bonds is 4. The summed E-state index contributed by atoms with van der Waals surface area (Å²) >= 11 is 12.8. The summed E-state index contributed by atoms with van der Waals surface area (Å²) in [5.74, 6) is 0.864. The molecule has 136 valence electrons. The van der Waals surface area contributed by atoms with Gasteiger partial charge in [-0.3, -0.25) is 0 Å². The van der Waals surface area contributed by atoms with E-state index in [-0.39, 0.29) is 0 Å². The zero-order valence-corrected chi connectivity index (χ0v) is 16.0. The average Bonchev–Trinajstić information content (AvgIpc) is 2.97. The molecule has 1 heterocycles. The highest BCUT2D eigenvalue weighted by atomic mass is 35.5. The Kier molecular flexibility index (Phi) is 5.07. The molecule has 0 saturated heterocycles. The van der Waals surface area contributed by atoms with Crippen LogP contribution in [-0.4, -0.2) is 21.6 Å². The predicted octanol–water partition coefficient (Wildman–Crippen LogP) is 5.07. The van der Waals surface area contributed by atoms with Crippen LogP contribution in [0, 0.1) is 0 Å². The molecule has 0 radical (unpaired) electrons. The van der Waals surface area contributed by atoms with Crippen LogP contribution in [0.5, 0.6) is 0 Å². The number of nitrogens with two attached hydrogens (primary N) is 1. The van der Waals surface area contributed by atoms with Gasteiger partial charge in [-0.05, 0) is 49.9 Å². The van der Waals surface area contributed by atoms with Crippen LogP contribution in [0.3, 0.4) is 0 Å². The molecule has 26 heavy (non-hydrogen) atoms. The molecule has 0 spiro atoms. The maximum absolute atomic E-state index is 6.41. The summed E-state index contributed by atoms with van der Waals surface area (Å²) in [5.41, 5.74) is 8.98. The summed E-state index contributed by atoms with van der Waals surface area (Å²) < 4.78 is 2.16. The van der Waals surface area contributed by atoms with Gasteiger partial charge in [0.1, 0.15) is 0 Å². The van der Waals surface area contributed by atoms with E-state index in [1.807, 2.05) is 36.4 Å². The van der Waals surface area contributed by atoms with Gasteiger partial charge in [0, 0.05) is 27.7 Å². The van der Waals surface area contributed by atoms with E-state index in [0.29, 0.717) is 28.7 Å². The van der Waals surface area contributed by atoms with Gasteiger partial charge in [0.15, 0.2) is 0 Å². The van der Waals surface area contributed by atoms with E-state index in [9.17, 15) is 0 Å². The lowest BCUT2D eigenvalue weighted by atomic mass is 9.92. The number of hydrogen-bond donors (Lipinski definition) is 2. The van der Waals surface area contributed by atoms with E-state index in [1.165, 1.54) is 0 Å². The molecular formula is C20H22Cl2N4. The Morgan fingerprint density at radius 2 is 1.69 bits per heavy atom. The summed E-state index contributed by atoms with van der Waals surface area (Å²) in [6.45, 7) is 0.577. The van der Waals surface area contributed by atoms with Crippen LogP contribution >= 0.6 is 23.2 Å². The number of halogens is 2. The van der Waals surface area contributed by atoms with Gasteiger partial charge in [-0.1, -0.05) is 41.4 Å². The second-order valence-electron chi connectivity index (χ2n) is 6.97. The zero-order valence-electron chi connectivity index (χ0n) is 14.5.